The molecule has 0 fully saturated rings. The highest BCUT2D eigenvalue weighted by Crippen LogP contribution is 2.19. The van der Waals surface area contributed by atoms with Gasteiger partial charge in [-0.3, -0.25) is 0 Å². The molecule has 0 aliphatic carbocycles. The van der Waals surface area contributed by atoms with Crippen LogP contribution in [0.15, 0.2) is 35.4 Å². The Morgan fingerprint density at radius 3 is 2.55 bits per heavy atom. The fraction of sp³-hybridized carbons (Fsp3) is 0.357. The van der Waals surface area contributed by atoms with E-state index in [9.17, 15) is 8.42 Å². The summed E-state index contributed by atoms with van der Waals surface area (Å²) in [5, 5.41) is 3.10. The summed E-state index contributed by atoms with van der Waals surface area (Å²) >= 11 is 0. The molecule has 0 radical (unpaired) electrons. The maximum Gasteiger partial charge on any atom is 0.175 e. The average Bonchev–Trinajstić information content (AvgIpc) is 2.87. The highest BCUT2D eigenvalue weighted by Gasteiger charge is 2.08. The number of hydrogen-bond acceptors (Lipinski definition) is 4. The second-order valence-electron chi connectivity index (χ2n) is 4.75. The zero-order chi connectivity index (χ0) is 14.6. The van der Waals surface area contributed by atoms with Crippen LogP contribution in [0.3, 0.4) is 0 Å². The average molecular weight is 293 g/mol. The van der Waals surface area contributed by atoms with Crippen molar-refractivity contribution in [2.24, 2.45) is 0 Å². The Labute approximate surface area is 119 Å². The smallest absolute Gasteiger partial charge is 0.175 e. The highest BCUT2D eigenvalue weighted by molar-refractivity contribution is 7.90. The number of hydrogen-bond donors (Lipinski definition) is 2. The van der Waals surface area contributed by atoms with E-state index in [4.69, 9.17) is 0 Å². The topological polar surface area (TPSA) is 74.8 Å². The number of H-pyrrole nitrogens is 1. The van der Waals surface area contributed by atoms with Gasteiger partial charge in [-0.05, 0) is 37.7 Å². The van der Waals surface area contributed by atoms with Crippen molar-refractivity contribution in [1.29, 1.82) is 0 Å². The van der Waals surface area contributed by atoms with Crippen molar-refractivity contribution >= 4 is 9.84 Å². The number of rotatable bonds is 6. The normalized spacial score (nSPS) is 11.7. The third-order valence-electron chi connectivity index (χ3n) is 3.06. The molecule has 0 atom stereocenters. The first-order valence-corrected chi connectivity index (χ1v) is 8.39. The molecule has 0 saturated carbocycles. The van der Waals surface area contributed by atoms with Crippen LogP contribution in [-0.4, -0.2) is 38.2 Å². The first kappa shape index (κ1) is 14.7. The minimum Gasteiger partial charge on any atom is -0.342 e. The third-order valence-corrected chi connectivity index (χ3v) is 4.19. The third kappa shape index (κ3) is 3.68. The second kappa shape index (κ2) is 6.19. The number of sulfone groups is 1. The van der Waals surface area contributed by atoms with E-state index in [1.54, 1.807) is 30.5 Å². The van der Waals surface area contributed by atoms with Gasteiger partial charge >= 0.3 is 0 Å². The molecule has 1 aromatic carbocycles. The van der Waals surface area contributed by atoms with Crippen LogP contribution in [0, 0.1) is 0 Å². The van der Waals surface area contributed by atoms with Gasteiger partial charge < -0.3 is 10.3 Å². The van der Waals surface area contributed by atoms with Crippen molar-refractivity contribution in [3.8, 4) is 11.3 Å². The minimum absolute atomic E-state index is 0.329. The lowest BCUT2D eigenvalue weighted by Crippen LogP contribution is -2.08. The molecule has 0 aliphatic heterocycles. The van der Waals surface area contributed by atoms with E-state index in [1.165, 1.54) is 6.26 Å². The van der Waals surface area contributed by atoms with Crippen LogP contribution in [0.1, 0.15) is 12.2 Å². The maximum atomic E-state index is 11.4. The van der Waals surface area contributed by atoms with Crippen LogP contribution in [0.4, 0.5) is 0 Å². The van der Waals surface area contributed by atoms with Crippen molar-refractivity contribution in [3.63, 3.8) is 0 Å². The van der Waals surface area contributed by atoms with E-state index in [0.29, 0.717) is 4.90 Å². The zero-order valence-electron chi connectivity index (χ0n) is 11.7. The molecular formula is C14H19N3O2S. The molecule has 0 aliphatic rings. The van der Waals surface area contributed by atoms with Gasteiger partial charge in [0.15, 0.2) is 9.84 Å². The first-order chi connectivity index (χ1) is 9.50. The lowest BCUT2D eigenvalue weighted by Gasteiger charge is -2.01. The van der Waals surface area contributed by atoms with Crippen LogP contribution >= 0.6 is 0 Å². The second-order valence-corrected chi connectivity index (χ2v) is 6.76. The van der Waals surface area contributed by atoms with Crippen molar-refractivity contribution in [3.05, 3.63) is 36.3 Å². The monoisotopic (exact) mass is 293 g/mol. The van der Waals surface area contributed by atoms with Gasteiger partial charge in [0.2, 0.25) is 0 Å². The molecule has 108 valence electrons. The van der Waals surface area contributed by atoms with E-state index in [2.05, 4.69) is 15.3 Å². The summed E-state index contributed by atoms with van der Waals surface area (Å²) in [6, 6.07) is 6.82. The van der Waals surface area contributed by atoms with Crippen LogP contribution < -0.4 is 5.32 Å². The first-order valence-electron chi connectivity index (χ1n) is 6.49. The molecule has 0 bridgehead atoms. The Morgan fingerprint density at radius 1 is 1.25 bits per heavy atom. The van der Waals surface area contributed by atoms with Crippen molar-refractivity contribution in [1.82, 2.24) is 15.3 Å². The van der Waals surface area contributed by atoms with Crippen LogP contribution in [0.5, 0.6) is 0 Å². The molecular weight excluding hydrogens is 274 g/mol. The Balaban J connectivity index is 2.12. The number of imidazole rings is 1. The van der Waals surface area contributed by atoms with Gasteiger partial charge in [-0.15, -0.1) is 0 Å². The highest BCUT2D eigenvalue weighted by atomic mass is 32.2. The van der Waals surface area contributed by atoms with Gasteiger partial charge in [-0.2, -0.15) is 0 Å². The molecule has 0 amide bonds. The summed E-state index contributed by atoms with van der Waals surface area (Å²) in [4.78, 5) is 7.92. The van der Waals surface area contributed by atoms with Crippen molar-refractivity contribution < 1.29 is 8.42 Å². The predicted octanol–water partition coefficient (Wildman–Crippen LogP) is 1.63. The molecule has 1 heterocycles. The summed E-state index contributed by atoms with van der Waals surface area (Å²) < 4.78 is 22.8. The lowest BCUT2D eigenvalue weighted by atomic mass is 10.2. The van der Waals surface area contributed by atoms with Crippen LogP contribution in [0.2, 0.25) is 0 Å². The Morgan fingerprint density at radius 2 is 1.95 bits per heavy atom. The van der Waals surface area contributed by atoms with E-state index >= 15 is 0 Å². The van der Waals surface area contributed by atoms with Gasteiger partial charge in [0.1, 0.15) is 5.82 Å². The van der Waals surface area contributed by atoms with E-state index in [0.717, 1.165) is 36.5 Å². The summed E-state index contributed by atoms with van der Waals surface area (Å²) in [5.41, 5.74) is 1.84. The van der Waals surface area contributed by atoms with Gasteiger partial charge in [-0.1, -0.05) is 12.1 Å². The maximum absolute atomic E-state index is 11.4. The number of nitrogens with one attached hydrogen (secondary N) is 2. The Hall–Kier alpha value is -1.66. The predicted molar refractivity (Wildman–Crippen MR) is 79.4 cm³/mol. The standard InChI is InChI=1S/C14H19N3O2S/c1-15-9-3-4-14-16-10-13(17-14)11-5-7-12(8-6-11)20(2,18)19/h5-8,10,15H,3-4,9H2,1-2H3,(H,16,17). The summed E-state index contributed by atoms with van der Waals surface area (Å²) in [7, 11) is -1.22. The molecule has 0 spiro atoms. The lowest BCUT2D eigenvalue weighted by molar-refractivity contribution is 0.602. The molecule has 1 aromatic heterocycles. The van der Waals surface area contributed by atoms with Crippen molar-refractivity contribution in [2.75, 3.05) is 19.8 Å². The Kier molecular flexibility index (Phi) is 4.57. The minimum atomic E-state index is -3.14. The van der Waals surface area contributed by atoms with Gasteiger partial charge in [0, 0.05) is 12.7 Å². The molecule has 20 heavy (non-hydrogen) atoms. The van der Waals surface area contributed by atoms with Gasteiger partial charge in [0.05, 0.1) is 16.8 Å². The number of nitrogens with zero attached hydrogens (tertiary/aromatic N) is 1. The quantitative estimate of drug-likeness (QED) is 0.794. The molecule has 2 N–H and O–H groups in total. The fourth-order valence-corrected chi connectivity index (χ4v) is 2.58. The van der Waals surface area contributed by atoms with E-state index < -0.39 is 9.84 Å². The summed E-state index contributed by atoms with van der Waals surface area (Å²) in [6.07, 6.45) is 4.90. The Bertz CT molecular complexity index is 660. The number of aromatic amines is 1. The number of aromatic nitrogens is 2. The largest absolute Gasteiger partial charge is 0.342 e. The van der Waals surface area contributed by atoms with Crippen LogP contribution in [-0.2, 0) is 16.3 Å². The molecule has 0 saturated heterocycles. The van der Waals surface area contributed by atoms with E-state index in [1.807, 2.05) is 7.05 Å². The fourth-order valence-electron chi connectivity index (χ4n) is 1.95. The molecule has 0 unspecified atom stereocenters. The summed E-state index contributed by atoms with van der Waals surface area (Å²) in [5.74, 6) is 0.947. The van der Waals surface area contributed by atoms with E-state index in [-0.39, 0.29) is 0 Å². The molecule has 6 heteroatoms. The van der Waals surface area contributed by atoms with Crippen molar-refractivity contribution in [2.45, 2.75) is 17.7 Å². The SMILES string of the molecule is CNCCCc1ncc(-c2ccc(S(C)(=O)=O)cc2)[nH]1. The van der Waals surface area contributed by atoms with Gasteiger partial charge in [-0.25, -0.2) is 13.4 Å². The molecule has 5 nitrogen and oxygen atoms in total. The van der Waals surface area contributed by atoms with Crippen LogP contribution in [0.25, 0.3) is 11.3 Å². The number of aryl methyl sites for hydroxylation is 1. The van der Waals surface area contributed by atoms with Gasteiger partial charge in [0.25, 0.3) is 0 Å². The summed E-state index contributed by atoms with van der Waals surface area (Å²) in [6.45, 7) is 0.957. The number of benzene rings is 1. The zero-order valence-corrected chi connectivity index (χ0v) is 12.5. The molecule has 2 rings (SSSR count). The molecule has 2 aromatic rings.